The summed E-state index contributed by atoms with van der Waals surface area (Å²) in [5.74, 6) is 0.649. The zero-order chi connectivity index (χ0) is 19.9. The Hall–Kier alpha value is -1.22. The molecular formula is C20H24F2O5S. The lowest BCUT2D eigenvalue weighted by molar-refractivity contribution is -0.433. The first-order chi connectivity index (χ1) is 13.4. The maximum absolute atomic E-state index is 13.7. The Kier molecular flexibility index (Phi) is 5.66. The van der Waals surface area contributed by atoms with Crippen molar-refractivity contribution in [2.45, 2.75) is 50.4 Å². The number of alkyl halides is 2. The van der Waals surface area contributed by atoms with Gasteiger partial charge in [-0.15, -0.1) is 4.33 Å². The quantitative estimate of drug-likeness (QED) is 0.299. The van der Waals surface area contributed by atoms with Gasteiger partial charge in [0, 0.05) is 0 Å². The summed E-state index contributed by atoms with van der Waals surface area (Å²) in [6.07, 6.45) is 4.45. The van der Waals surface area contributed by atoms with Gasteiger partial charge in [0.25, 0.3) is 0 Å². The molecule has 1 aromatic rings. The lowest BCUT2D eigenvalue weighted by Gasteiger charge is -2.31. The summed E-state index contributed by atoms with van der Waals surface area (Å²) < 4.78 is 36.2. The molecule has 0 aliphatic heterocycles. The van der Waals surface area contributed by atoms with E-state index in [1.165, 1.54) is 17.5 Å². The number of carbonyl (C=O) groups is 1. The highest BCUT2D eigenvalue weighted by Crippen LogP contribution is 2.61. The molecule has 3 saturated carbocycles. The third-order valence-electron chi connectivity index (χ3n) is 6.81. The molecule has 1 N–H and O–H groups in total. The van der Waals surface area contributed by atoms with Gasteiger partial charge >= 0.3 is 11.2 Å². The fraction of sp³-hybridized carbons (Fsp3) is 0.650. The highest BCUT2D eigenvalue weighted by Gasteiger charge is 2.58. The molecule has 2 bridgehead atoms. The normalized spacial score (nSPS) is 33.9. The Morgan fingerprint density at radius 1 is 1.14 bits per heavy atom. The predicted octanol–water partition coefficient (Wildman–Crippen LogP) is 4.79. The second-order valence-corrected chi connectivity index (χ2v) is 9.25. The smallest absolute Gasteiger partial charge is 0.415 e. The second kappa shape index (κ2) is 7.89. The van der Waals surface area contributed by atoms with Crippen molar-refractivity contribution in [2.75, 3.05) is 0 Å². The summed E-state index contributed by atoms with van der Waals surface area (Å²) in [6.45, 7) is 2.08. The summed E-state index contributed by atoms with van der Waals surface area (Å²) in [7, 11) is 0. The van der Waals surface area contributed by atoms with Crippen LogP contribution in [0.4, 0.5) is 8.78 Å². The van der Waals surface area contributed by atoms with E-state index in [-0.39, 0.29) is 5.92 Å². The molecule has 5 nitrogen and oxygen atoms in total. The number of aryl methyl sites for hydroxylation is 1. The second-order valence-electron chi connectivity index (χ2n) is 8.44. The summed E-state index contributed by atoms with van der Waals surface area (Å²) in [5.41, 5.74) is 2.59. The van der Waals surface area contributed by atoms with Gasteiger partial charge in [-0.3, -0.25) is 0 Å². The topological polar surface area (TPSA) is 65.0 Å². The average molecular weight is 414 g/mol. The molecule has 0 amide bonds. The van der Waals surface area contributed by atoms with Gasteiger partial charge in [-0.05, 0) is 74.2 Å². The molecule has 0 heterocycles. The van der Waals surface area contributed by atoms with Crippen LogP contribution in [0.1, 0.15) is 36.8 Å². The fourth-order valence-corrected chi connectivity index (χ4v) is 6.01. The molecule has 28 heavy (non-hydrogen) atoms. The molecule has 6 atom stereocenters. The number of rotatable bonds is 7. The number of esters is 1. The summed E-state index contributed by atoms with van der Waals surface area (Å²) in [4.78, 5) is 11.8. The van der Waals surface area contributed by atoms with Crippen molar-refractivity contribution in [2.24, 2.45) is 29.6 Å². The lowest BCUT2D eigenvalue weighted by Crippen LogP contribution is -2.37. The van der Waals surface area contributed by atoms with E-state index < -0.39 is 29.4 Å². The zero-order valence-electron chi connectivity index (χ0n) is 15.6. The zero-order valence-corrected chi connectivity index (χ0v) is 16.4. The molecule has 3 aliphatic carbocycles. The average Bonchev–Trinajstić information content (AvgIpc) is 3.33. The minimum absolute atomic E-state index is 0.165. The third kappa shape index (κ3) is 3.92. The summed E-state index contributed by atoms with van der Waals surface area (Å²) >= 11 is -0.568. The molecule has 1 aromatic carbocycles. The van der Waals surface area contributed by atoms with Crippen molar-refractivity contribution in [3.05, 3.63) is 35.4 Å². The number of hydrogen-bond acceptors (Lipinski definition) is 6. The molecule has 0 spiro atoms. The fourth-order valence-electron chi connectivity index (χ4n) is 5.78. The molecule has 6 unspecified atom stereocenters. The van der Waals surface area contributed by atoms with Gasteiger partial charge < -0.3 is 4.74 Å². The predicted molar refractivity (Wildman–Crippen MR) is 98.0 cm³/mol. The molecule has 154 valence electrons. The van der Waals surface area contributed by atoms with Crippen LogP contribution in [0.3, 0.4) is 0 Å². The molecule has 0 saturated heterocycles. The molecule has 3 fully saturated rings. The van der Waals surface area contributed by atoms with E-state index in [0.29, 0.717) is 30.1 Å². The van der Waals surface area contributed by atoms with Gasteiger partial charge in [0.1, 0.15) is 18.1 Å². The van der Waals surface area contributed by atoms with Gasteiger partial charge in [0.15, 0.2) is 0 Å². The standard InChI is InChI=1S/C20H24F2O5S/c1-11-2-4-12(5-3-11)6-13-7-15-14-9-17(16(15)8-13)18(10-14)25-19(23)20(21,22)28-27-26-24/h2-5,13-18,24H,6-10H2,1H3. The minimum atomic E-state index is -3.92. The molecule has 0 aromatic heterocycles. The van der Waals surface area contributed by atoms with Crippen LogP contribution in [0.15, 0.2) is 24.3 Å². The Bertz CT molecular complexity index is 713. The van der Waals surface area contributed by atoms with E-state index in [1.54, 1.807) is 0 Å². The van der Waals surface area contributed by atoms with Crippen LogP contribution in [0.5, 0.6) is 0 Å². The Morgan fingerprint density at radius 2 is 1.86 bits per heavy atom. The van der Waals surface area contributed by atoms with Gasteiger partial charge in [0.2, 0.25) is 0 Å². The van der Waals surface area contributed by atoms with E-state index in [2.05, 4.69) is 40.6 Å². The molecular weight excluding hydrogens is 390 g/mol. The first-order valence-electron chi connectivity index (χ1n) is 9.67. The van der Waals surface area contributed by atoms with Crippen molar-refractivity contribution < 1.29 is 32.9 Å². The van der Waals surface area contributed by atoms with E-state index in [0.717, 1.165) is 19.3 Å². The lowest BCUT2D eigenvalue weighted by atomic mass is 9.80. The van der Waals surface area contributed by atoms with Crippen molar-refractivity contribution >= 4 is 18.0 Å². The Balaban J connectivity index is 1.34. The van der Waals surface area contributed by atoms with Gasteiger partial charge in [-0.2, -0.15) is 8.78 Å². The van der Waals surface area contributed by atoms with Crippen LogP contribution < -0.4 is 0 Å². The van der Waals surface area contributed by atoms with E-state index in [9.17, 15) is 13.6 Å². The number of ether oxygens (including phenoxy) is 1. The highest BCUT2D eigenvalue weighted by atomic mass is 32.2. The van der Waals surface area contributed by atoms with Crippen molar-refractivity contribution in [1.29, 1.82) is 0 Å². The van der Waals surface area contributed by atoms with Crippen LogP contribution in [-0.4, -0.2) is 22.6 Å². The molecule has 4 rings (SSSR count). The molecule has 8 heteroatoms. The van der Waals surface area contributed by atoms with Crippen molar-refractivity contribution in [3.8, 4) is 0 Å². The summed E-state index contributed by atoms with van der Waals surface area (Å²) in [6, 6.07) is 8.63. The largest absolute Gasteiger partial charge is 0.457 e. The summed E-state index contributed by atoms with van der Waals surface area (Å²) in [5, 5.41) is 7.22. The van der Waals surface area contributed by atoms with E-state index in [4.69, 9.17) is 9.99 Å². The van der Waals surface area contributed by atoms with Gasteiger partial charge in [-0.1, -0.05) is 34.9 Å². The number of halogens is 2. The molecule has 0 radical (unpaired) electrons. The SMILES string of the molecule is Cc1ccc(CC2CC3C4CC(OC(=O)C(F)(F)SOOO)C(C4)C3C2)cc1. The molecule has 3 aliphatic rings. The van der Waals surface area contributed by atoms with E-state index in [1.807, 2.05) is 0 Å². The van der Waals surface area contributed by atoms with Gasteiger partial charge in [0.05, 0.1) is 0 Å². The van der Waals surface area contributed by atoms with Crippen LogP contribution in [-0.2, 0) is 25.3 Å². The van der Waals surface area contributed by atoms with Crippen LogP contribution >= 0.6 is 12.0 Å². The maximum Gasteiger partial charge on any atom is 0.415 e. The Morgan fingerprint density at radius 3 is 2.57 bits per heavy atom. The van der Waals surface area contributed by atoms with E-state index >= 15 is 0 Å². The highest BCUT2D eigenvalue weighted by molar-refractivity contribution is 7.96. The van der Waals surface area contributed by atoms with Crippen LogP contribution in [0.2, 0.25) is 0 Å². The maximum atomic E-state index is 13.7. The van der Waals surface area contributed by atoms with Crippen molar-refractivity contribution in [3.63, 3.8) is 0 Å². The first-order valence-corrected chi connectivity index (χ1v) is 10.4. The minimum Gasteiger partial charge on any atom is -0.457 e. The van der Waals surface area contributed by atoms with Gasteiger partial charge in [-0.25, -0.2) is 10.1 Å². The first kappa shape index (κ1) is 20.1. The number of hydrogen-bond donors (Lipinski definition) is 1. The van der Waals surface area contributed by atoms with Crippen LogP contribution in [0.25, 0.3) is 0 Å². The monoisotopic (exact) mass is 414 g/mol. The van der Waals surface area contributed by atoms with Crippen LogP contribution in [0, 0.1) is 36.5 Å². The number of fused-ring (bicyclic) bond motifs is 5. The van der Waals surface area contributed by atoms with Crippen molar-refractivity contribution in [1.82, 2.24) is 0 Å². The number of benzene rings is 1. The third-order valence-corrected chi connectivity index (χ3v) is 7.32. The number of carbonyl (C=O) groups excluding carboxylic acids is 1. The Labute approximate surface area is 166 Å².